The Bertz CT molecular complexity index is 1440. The lowest BCUT2D eigenvalue weighted by molar-refractivity contribution is -0.144. The highest BCUT2D eigenvalue weighted by molar-refractivity contribution is 6.30. The average Bonchev–Trinajstić information content (AvgIpc) is 3.12. The smallest absolute Gasteiger partial charge is 0.306 e. The molecule has 2 aliphatic rings. The normalized spacial score (nSPS) is 21.5. The number of carbonyl (C=O) groups excluding carboxylic acids is 3. The number of carboxylic acids is 1. The average molecular weight is 659 g/mol. The monoisotopic (exact) mass is 658 g/mol. The van der Waals surface area contributed by atoms with Crippen LogP contribution >= 0.6 is 11.6 Å². The van der Waals surface area contributed by atoms with Crippen LogP contribution in [0.2, 0.25) is 5.02 Å². The fraction of sp³-hybridized carbons (Fsp3) is 0.529. The second-order valence-corrected chi connectivity index (χ2v) is 13.2. The number of carboxylic acid groups (broad SMARTS) is 1. The standard InChI is InChI=1S/C34H43ClN2O9/c1-20(38)45-19-34(2,3)18-37-26-14-13-23(35)15-25(26)30(24-7-6-8-27(43-4)31(24)44-5)46-28(32(37)40)16-29(39)36-17-21-9-11-22(12-10-21)33(41)42/h6-8,13-15,21-22,28,30H,9-12,16-19H2,1-5H3,(H,36,39)(H,41,42)/t21-,22-,28-,30-/m1/s1. The fourth-order valence-electron chi connectivity index (χ4n) is 6.11. The van der Waals surface area contributed by atoms with Gasteiger partial charge in [0.1, 0.15) is 12.2 Å². The van der Waals surface area contributed by atoms with Gasteiger partial charge in [-0.15, -0.1) is 0 Å². The number of methoxy groups -OCH3 is 2. The van der Waals surface area contributed by atoms with Crippen LogP contribution in [0.4, 0.5) is 5.69 Å². The molecule has 2 aromatic rings. The maximum absolute atomic E-state index is 14.4. The number of anilines is 1. The Balaban J connectivity index is 1.68. The molecule has 0 spiro atoms. The second kappa shape index (κ2) is 15.2. The first-order valence-corrected chi connectivity index (χ1v) is 15.8. The Morgan fingerprint density at radius 3 is 2.41 bits per heavy atom. The van der Waals surface area contributed by atoms with Gasteiger partial charge < -0.3 is 34.3 Å². The second-order valence-electron chi connectivity index (χ2n) is 12.7. The van der Waals surface area contributed by atoms with E-state index in [-0.39, 0.29) is 37.3 Å². The number of nitrogens with zero attached hydrogens (tertiary/aromatic N) is 1. The molecular formula is C34H43ClN2O9. The molecule has 46 heavy (non-hydrogen) atoms. The highest BCUT2D eigenvalue weighted by atomic mass is 35.5. The molecule has 4 rings (SSSR count). The van der Waals surface area contributed by atoms with Crippen LogP contribution in [0.25, 0.3) is 0 Å². The SMILES string of the molecule is COc1cccc([C@H]2O[C@H](CC(=O)NC[C@H]3CC[C@H](C(=O)O)CC3)C(=O)N(CC(C)(C)COC(C)=O)c3ccc(Cl)cc32)c1OC. The van der Waals surface area contributed by atoms with Gasteiger partial charge in [0.05, 0.1) is 33.2 Å². The molecule has 1 aliphatic heterocycles. The number of esters is 1. The number of benzene rings is 2. The molecule has 1 saturated carbocycles. The van der Waals surface area contributed by atoms with Gasteiger partial charge in [-0.05, 0) is 55.9 Å². The Morgan fingerprint density at radius 2 is 1.78 bits per heavy atom. The summed E-state index contributed by atoms with van der Waals surface area (Å²) in [5, 5.41) is 12.7. The molecule has 0 bridgehead atoms. The van der Waals surface area contributed by atoms with Crippen molar-refractivity contribution >= 4 is 41.0 Å². The van der Waals surface area contributed by atoms with Crippen molar-refractivity contribution in [1.29, 1.82) is 0 Å². The van der Waals surface area contributed by atoms with E-state index in [2.05, 4.69) is 5.32 Å². The lowest BCUT2D eigenvalue weighted by atomic mass is 9.82. The van der Waals surface area contributed by atoms with Gasteiger partial charge in [-0.2, -0.15) is 0 Å². The van der Waals surface area contributed by atoms with Crippen molar-refractivity contribution in [1.82, 2.24) is 5.32 Å². The zero-order chi connectivity index (χ0) is 33.6. The van der Waals surface area contributed by atoms with Crippen LogP contribution in [0.15, 0.2) is 36.4 Å². The van der Waals surface area contributed by atoms with Crippen LogP contribution in [0.1, 0.15) is 70.1 Å². The van der Waals surface area contributed by atoms with Crippen molar-refractivity contribution in [3.63, 3.8) is 0 Å². The van der Waals surface area contributed by atoms with E-state index in [1.54, 1.807) is 35.2 Å². The summed E-state index contributed by atoms with van der Waals surface area (Å²) < 4.78 is 23.2. The number of halogens is 1. The molecule has 0 radical (unpaired) electrons. The van der Waals surface area contributed by atoms with Gasteiger partial charge in [0.25, 0.3) is 5.91 Å². The summed E-state index contributed by atoms with van der Waals surface area (Å²) in [5.74, 6) is -1.31. The Kier molecular flexibility index (Phi) is 11.6. The molecule has 1 fully saturated rings. The molecule has 0 unspecified atom stereocenters. The molecule has 2 aromatic carbocycles. The summed E-state index contributed by atoms with van der Waals surface area (Å²) in [6, 6.07) is 10.5. The predicted octanol–water partition coefficient (Wildman–Crippen LogP) is 5.17. The van der Waals surface area contributed by atoms with Crippen molar-refractivity contribution in [3.05, 3.63) is 52.5 Å². The molecule has 0 aromatic heterocycles. The van der Waals surface area contributed by atoms with E-state index in [9.17, 15) is 24.3 Å². The Hall–Kier alpha value is -3.83. The highest BCUT2D eigenvalue weighted by Gasteiger charge is 2.41. The van der Waals surface area contributed by atoms with E-state index >= 15 is 0 Å². The molecule has 2 amide bonds. The maximum atomic E-state index is 14.4. The van der Waals surface area contributed by atoms with Gasteiger partial charge in [0.2, 0.25) is 5.91 Å². The summed E-state index contributed by atoms with van der Waals surface area (Å²) in [5.41, 5.74) is 1.06. The van der Waals surface area contributed by atoms with Crippen LogP contribution in [0.5, 0.6) is 11.5 Å². The van der Waals surface area contributed by atoms with E-state index in [4.69, 9.17) is 30.5 Å². The molecule has 0 saturated heterocycles. The van der Waals surface area contributed by atoms with Gasteiger partial charge >= 0.3 is 11.9 Å². The first kappa shape index (κ1) is 35.0. The van der Waals surface area contributed by atoms with E-state index < -0.39 is 35.5 Å². The number of carbonyl (C=O) groups is 4. The first-order chi connectivity index (χ1) is 21.8. The van der Waals surface area contributed by atoms with Crippen molar-refractivity contribution < 1.29 is 43.2 Å². The van der Waals surface area contributed by atoms with Gasteiger partial charge in [-0.3, -0.25) is 19.2 Å². The van der Waals surface area contributed by atoms with Crippen molar-refractivity contribution in [2.45, 2.75) is 65.1 Å². The van der Waals surface area contributed by atoms with Crippen LogP contribution in [0, 0.1) is 17.3 Å². The third kappa shape index (κ3) is 8.50. The summed E-state index contributed by atoms with van der Waals surface area (Å²) in [7, 11) is 3.04. The molecule has 1 heterocycles. The Morgan fingerprint density at radius 1 is 1.07 bits per heavy atom. The summed E-state index contributed by atoms with van der Waals surface area (Å²) >= 11 is 6.51. The van der Waals surface area contributed by atoms with Crippen LogP contribution in [-0.4, -0.2) is 68.9 Å². The lowest BCUT2D eigenvalue weighted by Crippen LogP contribution is -2.47. The number of fused-ring (bicyclic) bond motifs is 1. The molecule has 2 N–H and O–H groups in total. The van der Waals surface area contributed by atoms with Crippen molar-refractivity contribution in [3.8, 4) is 11.5 Å². The van der Waals surface area contributed by atoms with Crippen molar-refractivity contribution in [2.24, 2.45) is 17.3 Å². The Labute approximate surface area is 274 Å². The number of para-hydroxylation sites is 1. The first-order valence-electron chi connectivity index (χ1n) is 15.4. The molecule has 11 nitrogen and oxygen atoms in total. The number of hydrogen-bond acceptors (Lipinski definition) is 8. The zero-order valence-electron chi connectivity index (χ0n) is 27.0. The third-order valence-corrected chi connectivity index (χ3v) is 8.76. The fourth-order valence-corrected chi connectivity index (χ4v) is 6.29. The summed E-state index contributed by atoms with van der Waals surface area (Å²) in [4.78, 5) is 52.3. The van der Waals surface area contributed by atoms with E-state index in [0.29, 0.717) is 65.6 Å². The molecule has 12 heteroatoms. The van der Waals surface area contributed by atoms with Crippen LogP contribution < -0.4 is 19.7 Å². The minimum Gasteiger partial charge on any atom is -0.493 e. The number of aliphatic carboxylic acids is 1. The van der Waals surface area contributed by atoms with E-state index in [0.717, 1.165) is 0 Å². The van der Waals surface area contributed by atoms with Gasteiger partial charge in [0, 0.05) is 47.3 Å². The molecular weight excluding hydrogens is 616 g/mol. The van der Waals surface area contributed by atoms with Crippen LogP contribution in [0.3, 0.4) is 0 Å². The molecule has 1 aliphatic carbocycles. The third-order valence-electron chi connectivity index (χ3n) is 8.53. The molecule has 250 valence electrons. The van der Waals surface area contributed by atoms with Gasteiger partial charge in [0.15, 0.2) is 11.5 Å². The van der Waals surface area contributed by atoms with Gasteiger partial charge in [-0.25, -0.2) is 0 Å². The topological polar surface area (TPSA) is 141 Å². The van der Waals surface area contributed by atoms with E-state index in [1.807, 2.05) is 19.9 Å². The number of ether oxygens (including phenoxy) is 4. The van der Waals surface area contributed by atoms with Gasteiger partial charge in [-0.1, -0.05) is 37.6 Å². The number of rotatable bonds is 12. The maximum Gasteiger partial charge on any atom is 0.306 e. The summed E-state index contributed by atoms with van der Waals surface area (Å²) in [6.45, 7) is 5.70. The van der Waals surface area contributed by atoms with Crippen molar-refractivity contribution in [2.75, 3.05) is 38.8 Å². The minimum atomic E-state index is -1.20. The lowest BCUT2D eigenvalue weighted by Gasteiger charge is -2.33. The quantitative estimate of drug-likeness (QED) is 0.296. The zero-order valence-corrected chi connectivity index (χ0v) is 27.7. The number of hydrogen-bond donors (Lipinski definition) is 2. The number of amides is 2. The number of nitrogens with one attached hydrogen (secondary N) is 1. The highest BCUT2D eigenvalue weighted by Crippen LogP contribution is 2.45. The minimum absolute atomic E-state index is 0.0678. The predicted molar refractivity (Wildman–Crippen MR) is 171 cm³/mol. The van der Waals surface area contributed by atoms with E-state index in [1.165, 1.54) is 21.1 Å². The largest absolute Gasteiger partial charge is 0.493 e. The van der Waals surface area contributed by atoms with Crippen LogP contribution in [-0.2, 0) is 28.7 Å². The molecule has 2 atom stereocenters. The summed E-state index contributed by atoms with van der Waals surface area (Å²) in [6.07, 6.45) is 0.234.